The second-order valence-electron chi connectivity index (χ2n) is 6.54. The number of carbonyl (C=O) groups is 5. The topological polar surface area (TPSA) is 113 Å². The highest BCUT2D eigenvalue weighted by Gasteiger charge is 2.28. The molecular formula is C18H28O8S2. The minimum Gasteiger partial charge on any atom is -0.469 e. The summed E-state index contributed by atoms with van der Waals surface area (Å²) in [4.78, 5) is 55.8. The van der Waals surface area contributed by atoms with Gasteiger partial charge >= 0.3 is 5.97 Å². The summed E-state index contributed by atoms with van der Waals surface area (Å²) in [6, 6.07) is 0. The van der Waals surface area contributed by atoms with Crippen molar-refractivity contribution in [1.29, 1.82) is 0 Å². The van der Waals surface area contributed by atoms with E-state index in [1.165, 1.54) is 30.6 Å². The number of Topliss-reactive ketones (excluding diaryl/α,β-unsaturated/α-hetero) is 2. The minimum absolute atomic E-state index is 0.0356. The first-order valence-corrected chi connectivity index (χ1v) is 11.0. The summed E-state index contributed by atoms with van der Waals surface area (Å²) in [6.07, 6.45) is -0.152. The highest BCUT2D eigenvalue weighted by Crippen LogP contribution is 2.23. The van der Waals surface area contributed by atoms with Gasteiger partial charge in [-0.1, -0.05) is 0 Å². The Bertz CT molecular complexity index is 522. The molecule has 0 aromatic carbocycles. The van der Waals surface area contributed by atoms with E-state index in [1.54, 1.807) is 13.8 Å². The van der Waals surface area contributed by atoms with E-state index in [4.69, 9.17) is 9.47 Å². The van der Waals surface area contributed by atoms with Crippen LogP contribution in [0.3, 0.4) is 0 Å². The first-order valence-electron chi connectivity index (χ1n) is 8.68. The summed E-state index contributed by atoms with van der Waals surface area (Å²) in [6.45, 7) is 4.09. The predicted molar refractivity (Wildman–Crippen MR) is 107 cm³/mol. The summed E-state index contributed by atoms with van der Waals surface area (Å²) in [7, 11) is 1.34. The zero-order valence-corrected chi connectivity index (χ0v) is 18.1. The van der Waals surface area contributed by atoms with E-state index in [0.717, 1.165) is 0 Å². The van der Waals surface area contributed by atoms with E-state index in [2.05, 4.69) is 4.74 Å². The Morgan fingerprint density at radius 2 is 1.61 bits per heavy atom. The lowest BCUT2D eigenvalue weighted by Gasteiger charge is -2.20. The lowest BCUT2D eigenvalue weighted by Crippen LogP contribution is -2.28. The maximum atomic E-state index is 11.9. The average Bonchev–Trinajstić information content (AvgIpc) is 2.65. The number of hydrogen-bond donors (Lipinski definition) is 0. The molecule has 0 spiro atoms. The maximum Gasteiger partial charge on any atom is 0.312 e. The first kappa shape index (κ1) is 26.4. The third kappa shape index (κ3) is 12.8. The van der Waals surface area contributed by atoms with E-state index in [1.807, 2.05) is 0 Å². The van der Waals surface area contributed by atoms with Crippen molar-refractivity contribution in [3.8, 4) is 0 Å². The van der Waals surface area contributed by atoms with Gasteiger partial charge < -0.3 is 14.2 Å². The fourth-order valence-electron chi connectivity index (χ4n) is 2.00. The SMILES string of the molecule is COC(=O)C(C)(C)CSCCC(=O)CC(=O)CCSCC(COC=O)OC=O. The van der Waals surface area contributed by atoms with Crippen LogP contribution in [0.5, 0.6) is 0 Å². The van der Waals surface area contributed by atoms with Gasteiger partial charge in [0.2, 0.25) is 0 Å². The molecule has 28 heavy (non-hydrogen) atoms. The van der Waals surface area contributed by atoms with Crippen molar-refractivity contribution in [2.45, 2.75) is 39.2 Å². The lowest BCUT2D eigenvalue weighted by molar-refractivity contribution is -0.149. The molecule has 1 atom stereocenters. The number of esters is 1. The number of methoxy groups -OCH3 is 1. The number of carbonyl (C=O) groups excluding carboxylic acids is 5. The number of thioether (sulfide) groups is 2. The molecular weight excluding hydrogens is 408 g/mol. The molecule has 0 radical (unpaired) electrons. The van der Waals surface area contributed by atoms with Gasteiger partial charge in [0.1, 0.15) is 24.3 Å². The van der Waals surface area contributed by atoms with Crippen LogP contribution in [0.25, 0.3) is 0 Å². The highest BCUT2D eigenvalue weighted by atomic mass is 32.2. The van der Waals surface area contributed by atoms with Crippen molar-refractivity contribution >= 4 is 54.0 Å². The quantitative estimate of drug-likeness (QED) is 0.103. The molecule has 0 aliphatic rings. The molecule has 8 nitrogen and oxygen atoms in total. The van der Waals surface area contributed by atoms with Gasteiger partial charge in [-0.3, -0.25) is 24.0 Å². The zero-order chi connectivity index (χ0) is 21.4. The smallest absolute Gasteiger partial charge is 0.312 e. The van der Waals surface area contributed by atoms with Gasteiger partial charge in [0.25, 0.3) is 12.9 Å². The number of ether oxygens (including phenoxy) is 3. The molecule has 10 heteroatoms. The zero-order valence-electron chi connectivity index (χ0n) is 16.5. The van der Waals surface area contributed by atoms with Gasteiger partial charge in [-0.25, -0.2) is 0 Å². The molecule has 0 aromatic heterocycles. The Balaban J connectivity index is 3.91. The van der Waals surface area contributed by atoms with Gasteiger partial charge in [-0.05, 0) is 13.8 Å². The van der Waals surface area contributed by atoms with Crippen LogP contribution in [-0.4, -0.2) is 73.3 Å². The molecule has 0 bridgehead atoms. The summed E-state index contributed by atoms with van der Waals surface area (Å²) in [5.41, 5.74) is -0.613. The summed E-state index contributed by atoms with van der Waals surface area (Å²) in [5.74, 6) is 1.39. The van der Waals surface area contributed by atoms with E-state index >= 15 is 0 Å². The van der Waals surface area contributed by atoms with Crippen LogP contribution >= 0.6 is 23.5 Å². The Labute approximate surface area is 173 Å². The van der Waals surface area contributed by atoms with E-state index in [0.29, 0.717) is 23.0 Å². The Morgan fingerprint density at radius 3 is 2.14 bits per heavy atom. The molecule has 1 unspecified atom stereocenters. The highest BCUT2D eigenvalue weighted by molar-refractivity contribution is 7.99. The number of ketones is 2. The lowest BCUT2D eigenvalue weighted by atomic mass is 9.97. The summed E-state index contributed by atoms with van der Waals surface area (Å²) < 4.78 is 14.0. The first-order chi connectivity index (χ1) is 13.3. The molecule has 160 valence electrons. The van der Waals surface area contributed by atoms with Crippen LogP contribution < -0.4 is 0 Å². The Morgan fingerprint density at radius 1 is 1.00 bits per heavy atom. The van der Waals surface area contributed by atoms with Crippen LogP contribution in [0.1, 0.15) is 33.1 Å². The molecule has 0 aromatic rings. The van der Waals surface area contributed by atoms with Crippen molar-refractivity contribution < 1.29 is 38.2 Å². The molecule has 0 rings (SSSR count). The third-order valence-corrected chi connectivity index (χ3v) is 6.07. The van der Waals surface area contributed by atoms with Gasteiger partial charge in [0.05, 0.1) is 18.9 Å². The number of hydrogen-bond acceptors (Lipinski definition) is 10. The Kier molecular flexibility index (Phi) is 14.5. The summed E-state index contributed by atoms with van der Waals surface area (Å²) >= 11 is 2.86. The molecule has 0 fully saturated rings. The minimum atomic E-state index is -0.613. The van der Waals surface area contributed by atoms with Crippen molar-refractivity contribution in [3.63, 3.8) is 0 Å². The fraction of sp³-hybridized carbons (Fsp3) is 0.722. The monoisotopic (exact) mass is 436 g/mol. The van der Waals surface area contributed by atoms with E-state index in [9.17, 15) is 24.0 Å². The number of rotatable bonds is 18. The van der Waals surface area contributed by atoms with E-state index in [-0.39, 0.29) is 56.3 Å². The van der Waals surface area contributed by atoms with Gasteiger partial charge in [0, 0.05) is 35.9 Å². The van der Waals surface area contributed by atoms with Crippen molar-refractivity contribution in [1.82, 2.24) is 0 Å². The molecule has 0 aliphatic heterocycles. The normalized spacial score (nSPS) is 12.0. The van der Waals surface area contributed by atoms with Gasteiger partial charge in [-0.2, -0.15) is 23.5 Å². The van der Waals surface area contributed by atoms with Crippen LogP contribution in [0.4, 0.5) is 0 Å². The largest absolute Gasteiger partial charge is 0.469 e. The molecule has 0 heterocycles. The van der Waals surface area contributed by atoms with Crippen molar-refractivity contribution in [2.75, 3.05) is 36.7 Å². The standard InChI is InChI=1S/C18H28O8S2/c1-18(2,17(23)24-3)11-28-7-5-15(22)8-14(21)4-6-27-10-16(26-13-20)9-25-12-19/h12-13,16H,4-11H2,1-3H3. The second-order valence-corrected chi connectivity index (χ2v) is 8.80. The van der Waals surface area contributed by atoms with Crippen LogP contribution in [0, 0.1) is 5.41 Å². The van der Waals surface area contributed by atoms with Crippen LogP contribution in [-0.2, 0) is 38.2 Å². The molecule has 0 amide bonds. The second kappa shape index (κ2) is 15.4. The third-order valence-electron chi connectivity index (χ3n) is 3.55. The van der Waals surface area contributed by atoms with Crippen molar-refractivity contribution in [2.24, 2.45) is 5.41 Å². The Hall–Kier alpha value is -1.55. The van der Waals surface area contributed by atoms with Gasteiger partial charge in [-0.15, -0.1) is 0 Å². The van der Waals surface area contributed by atoms with E-state index < -0.39 is 11.5 Å². The molecule has 0 N–H and O–H groups in total. The van der Waals surface area contributed by atoms with Crippen molar-refractivity contribution in [3.05, 3.63) is 0 Å². The molecule has 0 saturated heterocycles. The molecule has 0 saturated carbocycles. The van der Waals surface area contributed by atoms with Crippen LogP contribution in [0.15, 0.2) is 0 Å². The summed E-state index contributed by atoms with van der Waals surface area (Å²) in [5, 5.41) is 0. The molecule has 0 aliphatic carbocycles. The fourth-order valence-corrected chi connectivity index (χ4v) is 4.12. The predicted octanol–water partition coefficient (Wildman–Crippen LogP) is 1.68. The average molecular weight is 437 g/mol. The maximum absolute atomic E-state index is 11.9. The van der Waals surface area contributed by atoms with Gasteiger partial charge in [0.15, 0.2) is 0 Å². The van der Waals surface area contributed by atoms with Crippen LogP contribution in [0.2, 0.25) is 0 Å².